The summed E-state index contributed by atoms with van der Waals surface area (Å²) in [6, 6.07) is 15.3. The summed E-state index contributed by atoms with van der Waals surface area (Å²) >= 11 is 0. The van der Waals surface area contributed by atoms with Crippen molar-refractivity contribution in [3.8, 4) is 0 Å². The van der Waals surface area contributed by atoms with Crippen molar-refractivity contribution in [2.45, 2.75) is 39.0 Å². The van der Waals surface area contributed by atoms with E-state index in [0.29, 0.717) is 11.8 Å². The third-order valence-corrected chi connectivity index (χ3v) is 5.12. The molecule has 2 N–H and O–H groups in total. The maximum absolute atomic E-state index is 11.2. The van der Waals surface area contributed by atoms with Crippen LogP contribution in [-0.4, -0.2) is 9.79 Å². The fourth-order valence-corrected chi connectivity index (χ4v) is 3.23. The lowest BCUT2D eigenvalue weighted by molar-refractivity contribution is 0.387. The van der Waals surface area contributed by atoms with Crippen molar-refractivity contribution in [1.82, 2.24) is 0 Å². The van der Waals surface area contributed by atoms with Crippen LogP contribution in [0.5, 0.6) is 0 Å². The molecule has 0 heterocycles. The molecule has 0 bridgehead atoms. The van der Waals surface area contributed by atoms with Crippen LogP contribution in [0.2, 0.25) is 0 Å². The Morgan fingerprint density at radius 2 is 1.27 bits per heavy atom. The summed E-state index contributed by atoms with van der Waals surface area (Å²) in [5.74, 6) is 0.777. The maximum atomic E-state index is 11.2. The third-order valence-electron chi connectivity index (χ3n) is 4.15. The van der Waals surface area contributed by atoms with Crippen LogP contribution in [0.3, 0.4) is 0 Å². The van der Waals surface area contributed by atoms with Crippen LogP contribution in [0.25, 0.3) is 0 Å². The first-order valence-corrected chi connectivity index (χ1v) is 9.11. The molecule has 0 fully saturated rings. The largest absolute Gasteiger partial charge is 0.356 e. The van der Waals surface area contributed by atoms with Crippen molar-refractivity contribution in [2.24, 2.45) is 0 Å². The zero-order chi connectivity index (χ0) is 16.3. The van der Waals surface area contributed by atoms with Crippen LogP contribution in [0.1, 0.15) is 48.8 Å². The van der Waals surface area contributed by atoms with Gasteiger partial charge in [0.25, 0.3) is 0 Å². The highest BCUT2D eigenvalue weighted by Gasteiger charge is 2.18. The van der Waals surface area contributed by atoms with Gasteiger partial charge >= 0.3 is 7.60 Å². The first-order chi connectivity index (χ1) is 10.3. The van der Waals surface area contributed by atoms with E-state index in [4.69, 9.17) is 9.79 Å². The molecule has 0 aromatic heterocycles. The molecule has 3 nitrogen and oxygen atoms in total. The Morgan fingerprint density at radius 1 is 0.864 bits per heavy atom. The second-order valence-electron chi connectivity index (χ2n) is 6.08. The second kappa shape index (κ2) is 6.78. The molecule has 2 atom stereocenters. The normalized spacial score (nSPS) is 14.6. The molecule has 0 aliphatic carbocycles. The highest BCUT2D eigenvalue weighted by molar-refractivity contribution is 7.60. The molecule has 0 saturated carbocycles. The van der Waals surface area contributed by atoms with Crippen LogP contribution in [0, 0.1) is 6.92 Å². The molecule has 118 valence electrons. The molecule has 0 spiro atoms. The molecular formula is C18H23O3P. The van der Waals surface area contributed by atoms with Gasteiger partial charge in [0.1, 0.15) is 0 Å². The van der Waals surface area contributed by atoms with Crippen molar-refractivity contribution in [3.63, 3.8) is 0 Å². The van der Waals surface area contributed by atoms with E-state index in [0.717, 1.165) is 12.0 Å². The predicted octanol–water partition coefficient (Wildman–Crippen LogP) is 4.10. The van der Waals surface area contributed by atoms with E-state index in [2.05, 4.69) is 45.0 Å². The fourth-order valence-electron chi connectivity index (χ4n) is 2.69. The van der Waals surface area contributed by atoms with Gasteiger partial charge in [-0.05, 0) is 48.4 Å². The van der Waals surface area contributed by atoms with Gasteiger partial charge in [-0.1, -0.05) is 55.8 Å². The van der Waals surface area contributed by atoms with Crippen LogP contribution in [0.4, 0.5) is 0 Å². The number of hydrogen-bond donors (Lipinski definition) is 2. The van der Waals surface area contributed by atoms with Gasteiger partial charge in [-0.2, -0.15) is 0 Å². The maximum Gasteiger partial charge on any atom is 0.356 e. The van der Waals surface area contributed by atoms with E-state index in [-0.39, 0.29) is 5.30 Å². The van der Waals surface area contributed by atoms with Crippen molar-refractivity contribution in [3.05, 3.63) is 65.2 Å². The van der Waals surface area contributed by atoms with E-state index in [9.17, 15) is 4.57 Å². The molecular weight excluding hydrogens is 295 g/mol. The Kier molecular flexibility index (Phi) is 5.23. The smallest absolute Gasteiger partial charge is 0.321 e. The van der Waals surface area contributed by atoms with Crippen LogP contribution in [0.15, 0.2) is 48.5 Å². The van der Waals surface area contributed by atoms with Gasteiger partial charge in [-0.25, -0.2) is 0 Å². The fraction of sp³-hybridized carbons (Fsp3) is 0.333. The van der Waals surface area contributed by atoms with Crippen molar-refractivity contribution in [2.75, 3.05) is 0 Å². The zero-order valence-corrected chi connectivity index (χ0v) is 14.1. The van der Waals surface area contributed by atoms with Crippen LogP contribution < -0.4 is 5.30 Å². The average molecular weight is 318 g/mol. The molecule has 0 aliphatic heterocycles. The van der Waals surface area contributed by atoms with E-state index >= 15 is 0 Å². The molecule has 2 aromatic rings. The summed E-state index contributed by atoms with van der Waals surface area (Å²) in [6.45, 7) is 6.45. The average Bonchev–Trinajstić information content (AvgIpc) is 2.47. The van der Waals surface area contributed by atoms with Gasteiger partial charge in [0.2, 0.25) is 0 Å². The summed E-state index contributed by atoms with van der Waals surface area (Å²) in [5.41, 5.74) is 3.69. The summed E-state index contributed by atoms with van der Waals surface area (Å²) < 4.78 is 11.2. The standard InChI is InChI=1S/C18H23O3P/c1-13-4-6-16(7-5-13)14(2)12-15(3)17-8-10-18(11-9-17)22(19,20)21/h4-11,14-15H,12H2,1-3H3,(H2,19,20,21). The van der Waals surface area contributed by atoms with Gasteiger partial charge in [0, 0.05) is 0 Å². The van der Waals surface area contributed by atoms with Gasteiger partial charge in [-0.15, -0.1) is 0 Å². The van der Waals surface area contributed by atoms with E-state index < -0.39 is 7.60 Å². The predicted molar refractivity (Wildman–Crippen MR) is 90.7 cm³/mol. The monoisotopic (exact) mass is 318 g/mol. The minimum absolute atomic E-state index is 0.0787. The summed E-state index contributed by atoms with van der Waals surface area (Å²) in [7, 11) is -4.15. The lowest BCUT2D eigenvalue weighted by Crippen LogP contribution is -2.06. The number of rotatable bonds is 5. The van der Waals surface area contributed by atoms with Crippen LogP contribution >= 0.6 is 7.60 Å². The van der Waals surface area contributed by atoms with E-state index in [1.165, 1.54) is 23.3 Å². The molecule has 2 rings (SSSR count). The summed E-state index contributed by atoms with van der Waals surface area (Å²) in [6.07, 6.45) is 0.998. The highest BCUT2D eigenvalue weighted by Crippen LogP contribution is 2.34. The molecule has 0 aliphatic rings. The zero-order valence-electron chi connectivity index (χ0n) is 13.2. The molecule has 0 radical (unpaired) electrons. The van der Waals surface area contributed by atoms with Crippen LogP contribution in [-0.2, 0) is 4.57 Å². The summed E-state index contributed by atoms with van der Waals surface area (Å²) in [5, 5.41) is 0.0787. The summed E-state index contributed by atoms with van der Waals surface area (Å²) in [4.78, 5) is 18.3. The third kappa shape index (κ3) is 4.30. The van der Waals surface area contributed by atoms with E-state index in [1.54, 1.807) is 0 Å². The Bertz CT molecular complexity index is 656. The first-order valence-electron chi connectivity index (χ1n) is 7.50. The molecule has 2 unspecified atom stereocenters. The second-order valence-corrected chi connectivity index (χ2v) is 7.69. The Balaban J connectivity index is 2.07. The SMILES string of the molecule is Cc1ccc(C(C)CC(C)c2ccc(P(=O)(O)O)cc2)cc1. The Labute approximate surface area is 132 Å². The van der Waals surface area contributed by atoms with Gasteiger partial charge < -0.3 is 9.79 Å². The highest BCUT2D eigenvalue weighted by atomic mass is 31.2. The van der Waals surface area contributed by atoms with Crippen molar-refractivity contribution >= 4 is 12.9 Å². The molecule has 4 heteroatoms. The topological polar surface area (TPSA) is 57.5 Å². The van der Waals surface area contributed by atoms with Crippen molar-refractivity contribution in [1.29, 1.82) is 0 Å². The molecule has 2 aromatic carbocycles. The lowest BCUT2D eigenvalue weighted by Gasteiger charge is -2.18. The van der Waals surface area contributed by atoms with Gasteiger partial charge in [0.15, 0.2) is 0 Å². The Morgan fingerprint density at radius 3 is 1.68 bits per heavy atom. The van der Waals surface area contributed by atoms with Gasteiger partial charge in [-0.3, -0.25) is 4.57 Å². The lowest BCUT2D eigenvalue weighted by atomic mass is 9.87. The van der Waals surface area contributed by atoms with Crippen molar-refractivity contribution < 1.29 is 14.4 Å². The van der Waals surface area contributed by atoms with E-state index in [1.807, 2.05) is 12.1 Å². The minimum Gasteiger partial charge on any atom is -0.321 e. The quantitative estimate of drug-likeness (QED) is 0.816. The number of hydrogen-bond acceptors (Lipinski definition) is 1. The number of aryl methyl sites for hydroxylation is 1. The first kappa shape index (κ1) is 17.0. The van der Waals surface area contributed by atoms with Gasteiger partial charge in [0.05, 0.1) is 5.30 Å². The Hall–Kier alpha value is -1.41. The minimum atomic E-state index is -4.15. The molecule has 0 saturated heterocycles. The molecule has 22 heavy (non-hydrogen) atoms. The number of benzene rings is 2. The molecule has 0 amide bonds.